The molecule has 0 aliphatic heterocycles. The minimum Gasteiger partial charge on any atom is -0.398 e. The van der Waals surface area contributed by atoms with Crippen LogP contribution < -0.4 is 5.73 Å². The molecule has 2 N–H and O–H groups in total. The average molecular weight is 130 g/mol. The van der Waals surface area contributed by atoms with Crippen molar-refractivity contribution in [3.63, 3.8) is 0 Å². The molecule has 0 saturated carbocycles. The van der Waals surface area contributed by atoms with Gasteiger partial charge in [0.05, 0.1) is 0 Å². The molecular formula is C6H14N2O. The zero-order chi connectivity index (χ0) is 7.11. The van der Waals surface area contributed by atoms with E-state index in [-0.39, 0.29) is 0 Å². The Morgan fingerprint density at radius 2 is 2.33 bits per heavy atom. The predicted molar refractivity (Wildman–Crippen MR) is 38.2 cm³/mol. The molecule has 3 nitrogen and oxygen atoms in total. The van der Waals surface area contributed by atoms with Crippen molar-refractivity contribution in [2.75, 3.05) is 7.11 Å². The van der Waals surface area contributed by atoms with Crippen LogP contribution in [-0.2, 0) is 4.84 Å². The molecule has 0 unspecified atom stereocenters. The van der Waals surface area contributed by atoms with Gasteiger partial charge in [0, 0.05) is 6.42 Å². The van der Waals surface area contributed by atoms with Crippen molar-refractivity contribution in [3.05, 3.63) is 0 Å². The van der Waals surface area contributed by atoms with E-state index in [2.05, 4.69) is 16.9 Å². The normalized spacial score (nSPS) is 11.6. The summed E-state index contributed by atoms with van der Waals surface area (Å²) in [7, 11) is 1.50. The van der Waals surface area contributed by atoms with Gasteiger partial charge in [0.2, 0.25) is 0 Å². The molecule has 0 spiro atoms. The molecule has 0 aliphatic rings. The molecule has 0 aromatic carbocycles. The van der Waals surface area contributed by atoms with Crippen LogP contribution in [0.3, 0.4) is 0 Å². The number of unbranched alkanes of at least 4 members (excludes halogenated alkanes) is 1. The van der Waals surface area contributed by atoms with Gasteiger partial charge in [-0.05, 0) is 6.42 Å². The molecule has 0 aromatic rings. The Bertz CT molecular complexity index is 91.1. The summed E-state index contributed by atoms with van der Waals surface area (Å²) in [6.07, 6.45) is 3.06. The summed E-state index contributed by atoms with van der Waals surface area (Å²) in [6, 6.07) is 0. The quantitative estimate of drug-likeness (QED) is 0.352. The van der Waals surface area contributed by atoms with Crippen molar-refractivity contribution in [2.45, 2.75) is 26.2 Å². The van der Waals surface area contributed by atoms with E-state index >= 15 is 0 Å². The van der Waals surface area contributed by atoms with E-state index in [4.69, 9.17) is 5.73 Å². The Labute approximate surface area is 55.9 Å². The lowest BCUT2D eigenvalue weighted by Gasteiger charge is -1.95. The van der Waals surface area contributed by atoms with Gasteiger partial charge in [0.1, 0.15) is 12.9 Å². The SMILES string of the molecule is CCCC/C(N)=N/OC. The summed E-state index contributed by atoms with van der Waals surface area (Å²) in [6.45, 7) is 2.11. The minimum atomic E-state index is 0.583. The lowest BCUT2D eigenvalue weighted by molar-refractivity contribution is 0.212. The fourth-order valence-electron chi connectivity index (χ4n) is 0.521. The van der Waals surface area contributed by atoms with Crippen LogP contribution >= 0.6 is 0 Å². The number of amidine groups is 1. The summed E-state index contributed by atoms with van der Waals surface area (Å²) in [5.74, 6) is 0.583. The largest absolute Gasteiger partial charge is 0.398 e. The zero-order valence-corrected chi connectivity index (χ0v) is 6.05. The van der Waals surface area contributed by atoms with Crippen molar-refractivity contribution >= 4 is 5.84 Å². The first-order chi connectivity index (χ1) is 4.31. The first-order valence-electron chi connectivity index (χ1n) is 3.16. The van der Waals surface area contributed by atoms with Crippen LogP contribution in [0, 0.1) is 0 Å². The molecule has 0 amide bonds. The topological polar surface area (TPSA) is 47.6 Å². The number of oxime groups is 1. The van der Waals surface area contributed by atoms with E-state index < -0.39 is 0 Å². The van der Waals surface area contributed by atoms with Gasteiger partial charge in [-0.1, -0.05) is 18.5 Å². The van der Waals surface area contributed by atoms with E-state index in [1.807, 2.05) is 0 Å². The zero-order valence-electron chi connectivity index (χ0n) is 6.05. The molecule has 0 aliphatic carbocycles. The fourth-order valence-corrected chi connectivity index (χ4v) is 0.521. The Morgan fingerprint density at radius 1 is 1.67 bits per heavy atom. The van der Waals surface area contributed by atoms with Gasteiger partial charge >= 0.3 is 0 Å². The second kappa shape index (κ2) is 5.41. The summed E-state index contributed by atoms with van der Waals surface area (Å²) in [4.78, 5) is 4.46. The van der Waals surface area contributed by atoms with Crippen LogP contribution in [0.15, 0.2) is 5.16 Å². The third kappa shape index (κ3) is 5.14. The third-order valence-electron chi connectivity index (χ3n) is 0.995. The van der Waals surface area contributed by atoms with Crippen LogP contribution in [0.2, 0.25) is 0 Å². The van der Waals surface area contributed by atoms with Gasteiger partial charge < -0.3 is 10.6 Å². The first kappa shape index (κ1) is 8.27. The van der Waals surface area contributed by atoms with Gasteiger partial charge in [-0.15, -0.1) is 0 Å². The van der Waals surface area contributed by atoms with Crippen LogP contribution in [-0.4, -0.2) is 12.9 Å². The van der Waals surface area contributed by atoms with Crippen molar-refractivity contribution in [3.8, 4) is 0 Å². The van der Waals surface area contributed by atoms with E-state index in [1.165, 1.54) is 7.11 Å². The standard InChI is InChI=1S/C6H14N2O/c1-3-4-5-6(7)8-9-2/h3-5H2,1-2H3,(H2,7,8). The molecule has 0 aromatic heterocycles. The molecular weight excluding hydrogens is 116 g/mol. The van der Waals surface area contributed by atoms with Gasteiger partial charge in [-0.2, -0.15) is 0 Å². The average Bonchev–Trinajstić information content (AvgIpc) is 1.85. The highest BCUT2D eigenvalue weighted by Gasteiger charge is 1.89. The van der Waals surface area contributed by atoms with Crippen LogP contribution in [0.5, 0.6) is 0 Å². The van der Waals surface area contributed by atoms with Gasteiger partial charge in [-0.3, -0.25) is 0 Å². The maximum atomic E-state index is 5.40. The molecule has 3 heteroatoms. The van der Waals surface area contributed by atoms with Crippen LogP contribution in [0.4, 0.5) is 0 Å². The Hall–Kier alpha value is -0.730. The number of rotatable bonds is 4. The number of nitrogens with zero attached hydrogens (tertiary/aromatic N) is 1. The first-order valence-corrected chi connectivity index (χ1v) is 3.16. The molecule has 0 bridgehead atoms. The van der Waals surface area contributed by atoms with Gasteiger partial charge in [0.25, 0.3) is 0 Å². The molecule has 9 heavy (non-hydrogen) atoms. The maximum Gasteiger partial charge on any atom is 0.139 e. The molecule has 0 rings (SSSR count). The van der Waals surface area contributed by atoms with Gasteiger partial charge in [0.15, 0.2) is 0 Å². The summed E-state index contributed by atoms with van der Waals surface area (Å²) >= 11 is 0. The molecule has 0 fully saturated rings. The second-order valence-corrected chi connectivity index (χ2v) is 1.87. The van der Waals surface area contributed by atoms with Crippen LogP contribution in [0.25, 0.3) is 0 Å². The predicted octanol–water partition coefficient (Wildman–Crippen LogP) is 1.10. The molecule has 0 radical (unpaired) electrons. The Morgan fingerprint density at radius 3 is 2.78 bits per heavy atom. The molecule has 0 heterocycles. The third-order valence-corrected chi connectivity index (χ3v) is 0.995. The van der Waals surface area contributed by atoms with Crippen molar-refractivity contribution in [2.24, 2.45) is 10.9 Å². The monoisotopic (exact) mass is 130 g/mol. The Kier molecular flexibility index (Phi) is 4.97. The van der Waals surface area contributed by atoms with E-state index in [0.717, 1.165) is 19.3 Å². The molecule has 0 atom stereocenters. The lowest BCUT2D eigenvalue weighted by Crippen LogP contribution is -2.11. The van der Waals surface area contributed by atoms with Crippen molar-refractivity contribution in [1.29, 1.82) is 0 Å². The summed E-state index contributed by atoms with van der Waals surface area (Å²) in [5, 5.41) is 3.56. The fraction of sp³-hybridized carbons (Fsp3) is 0.833. The van der Waals surface area contributed by atoms with E-state index in [0.29, 0.717) is 5.84 Å². The van der Waals surface area contributed by atoms with Crippen molar-refractivity contribution < 1.29 is 4.84 Å². The Balaban J connectivity index is 3.25. The second-order valence-electron chi connectivity index (χ2n) is 1.87. The number of hydrogen-bond donors (Lipinski definition) is 1. The minimum absolute atomic E-state index is 0.583. The number of hydrogen-bond acceptors (Lipinski definition) is 2. The maximum absolute atomic E-state index is 5.40. The highest BCUT2D eigenvalue weighted by Crippen LogP contribution is 1.92. The summed E-state index contributed by atoms with van der Waals surface area (Å²) in [5.41, 5.74) is 5.40. The van der Waals surface area contributed by atoms with Gasteiger partial charge in [-0.25, -0.2) is 0 Å². The van der Waals surface area contributed by atoms with Crippen LogP contribution in [0.1, 0.15) is 26.2 Å². The highest BCUT2D eigenvalue weighted by atomic mass is 16.6. The van der Waals surface area contributed by atoms with Crippen molar-refractivity contribution in [1.82, 2.24) is 0 Å². The summed E-state index contributed by atoms with van der Waals surface area (Å²) < 4.78 is 0. The smallest absolute Gasteiger partial charge is 0.139 e. The van der Waals surface area contributed by atoms with E-state index in [9.17, 15) is 0 Å². The highest BCUT2D eigenvalue weighted by molar-refractivity contribution is 5.79. The lowest BCUT2D eigenvalue weighted by atomic mass is 10.2. The van der Waals surface area contributed by atoms with E-state index in [1.54, 1.807) is 0 Å². The number of nitrogens with two attached hydrogens (primary N) is 1. The molecule has 54 valence electrons. The molecule has 0 saturated heterocycles.